The van der Waals surface area contributed by atoms with Gasteiger partial charge in [0.15, 0.2) is 22.8 Å². The van der Waals surface area contributed by atoms with E-state index in [-0.39, 0.29) is 47.6 Å². The lowest BCUT2D eigenvalue weighted by molar-refractivity contribution is -0.199. The van der Waals surface area contributed by atoms with Crippen molar-refractivity contribution in [2.24, 2.45) is 11.8 Å². The minimum absolute atomic E-state index is 0.0374. The number of esters is 1. The highest BCUT2D eigenvalue weighted by Gasteiger charge is 2.73. The lowest BCUT2D eigenvalue weighted by atomic mass is 9.50. The fraction of sp³-hybridized carbons (Fsp3) is 0.447. The van der Waals surface area contributed by atoms with Gasteiger partial charge in [-0.2, -0.15) is 0 Å². The predicted octanol–water partition coefficient (Wildman–Crippen LogP) is 8.51. The number of carbonyl (C=O) groups excluding carboxylic acids is 4. The number of aromatic hydroxyl groups is 1. The second kappa shape index (κ2) is 16.0. The first-order chi connectivity index (χ1) is 27.1. The molecule has 5 atom stereocenters. The zero-order valence-electron chi connectivity index (χ0n) is 34.6. The van der Waals surface area contributed by atoms with Crippen LogP contribution in [0.2, 0.25) is 0 Å². The van der Waals surface area contributed by atoms with Crippen molar-refractivity contribution in [3.8, 4) is 17.2 Å². The Bertz CT molecular complexity index is 2150. The van der Waals surface area contributed by atoms with Gasteiger partial charge < -0.3 is 29.4 Å². The molecule has 3 aliphatic carbocycles. The minimum atomic E-state index is -1.67. The van der Waals surface area contributed by atoms with Gasteiger partial charge in [-0.3, -0.25) is 14.4 Å². The van der Waals surface area contributed by atoms with Crippen molar-refractivity contribution in [3.63, 3.8) is 0 Å². The Kier molecular flexibility index (Phi) is 11.6. The van der Waals surface area contributed by atoms with Crippen molar-refractivity contribution in [2.75, 3.05) is 14.2 Å². The van der Waals surface area contributed by atoms with Crippen LogP contribution in [0.3, 0.4) is 0 Å². The highest BCUT2D eigenvalue weighted by molar-refractivity contribution is 6.19. The summed E-state index contributed by atoms with van der Waals surface area (Å²) in [6, 6.07) is 6.75. The number of amides is 1. The number of hydrogen-bond donors (Lipinski definition) is 2. The summed E-state index contributed by atoms with van der Waals surface area (Å²) in [7, 11) is 2.78. The standard InChI is InChI=1S/C47H55NO9/c1-10-33-24-32-25-36-39(50)37-38(49)34-20-22-45(7,21-11-12-27(2)3)56-40(34)35(18-13-28(4)5)41(37)57-47(33,36)46(55-9,42(32)51)23-19-29(6)43(52)48-26-30-14-16-31(17-15-30)44(53)54-8/h12-17,19-20,22,25,32-33,49H,10-11,18,21,23-24,26H2,1-9H3,(H,48,52)/b29-19+/t32-,33?,45+,46?,47?/m0/s1. The Morgan fingerprint density at radius 3 is 2.32 bits per heavy atom. The van der Waals surface area contributed by atoms with Crippen LogP contribution in [-0.2, 0) is 32.0 Å². The van der Waals surface area contributed by atoms with Crippen LogP contribution in [0.25, 0.3) is 6.08 Å². The summed E-state index contributed by atoms with van der Waals surface area (Å²) in [5.41, 5.74) is 1.26. The average Bonchev–Trinajstić information content (AvgIpc) is 3.18. The minimum Gasteiger partial charge on any atom is -0.506 e. The summed E-state index contributed by atoms with van der Waals surface area (Å²) in [5, 5.41) is 14.9. The highest BCUT2D eigenvalue weighted by Crippen LogP contribution is 2.62. The third kappa shape index (κ3) is 7.17. The van der Waals surface area contributed by atoms with E-state index < -0.39 is 34.5 Å². The number of allylic oxidation sites excluding steroid dienone is 5. The summed E-state index contributed by atoms with van der Waals surface area (Å²) in [6.45, 7) is 14.0. The highest BCUT2D eigenvalue weighted by atomic mass is 16.6. The Labute approximate surface area is 335 Å². The van der Waals surface area contributed by atoms with Crippen molar-refractivity contribution in [1.29, 1.82) is 0 Å². The molecule has 2 aromatic carbocycles. The summed E-state index contributed by atoms with van der Waals surface area (Å²) >= 11 is 0. The molecule has 1 spiro atoms. The van der Waals surface area contributed by atoms with E-state index in [0.29, 0.717) is 59.3 Å². The van der Waals surface area contributed by atoms with E-state index in [1.165, 1.54) is 19.8 Å². The number of phenolic OH excluding ortho intramolecular Hbond substituents is 1. The molecule has 2 N–H and O–H groups in total. The van der Waals surface area contributed by atoms with Crippen molar-refractivity contribution in [3.05, 3.63) is 105 Å². The number of phenols is 1. The SMILES string of the molecule is CCC1C[C@H]2C=C3C(=O)c4c(O)c5c(c(CC=C(C)C)c4OC31C(C/C=C(\C)C(=O)NCc1ccc(C(=O)OC)cc1)(OC)C2=O)O[C@](C)(CCC=C(C)C)C=C5. The molecule has 0 radical (unpaired) electrons. The monoisotopic (exact) mass is 777 g/mol. The number of hydrogen-bond acceptors (Lipinski definition) is 9. The molecule has 7 rings (SSSR count). The van der Waals surface area contributed by atoms with Crippen LogP contribution in [0.5, 0.6) is 17.2 Å². The number of carbonyl (C=O) groups is 4. The summed E-state index contributed by atoms with van der Waals surface area (Å²) < 4.78 is 25.2. The van der Waals surface area contributed by atoms with Crippen LogP contribution >= 0.6 is 0 Å². The smallest absolute Gasteiger partial charge is 0.337 e. The zero-order valence-corrected chi connectivity index (χ0v) is 34.6. The molecule has 2 bridgehead atoms. The number of ether oxygens (including phenoxy) is 4. The largest absolute Gasteiger partial charge is 0.506 e. The molecule has 57 heavy (non-hydrogen) atoms. The second-order valence-corrected chi connectivity index (χ2v) is 16.4. The van der Waals surface area contributed by atoms with Gasteiger partial charge in [0, 0.05) is 48.6 Å². The molecular weight excluding hydrogens is 723 g/mol. The quantitative estimate of drug-likeness (QED) is 0.117. The fourth-order valence-electron chi connectivity index (χ4n) is 8.85. The van der Waals surface area contributed by atoms with Gasteiger partial charge in [0.05, 0.1) is 18.2 Å². The number of ketones is 2. The maximum Gasteiger partial charge on any atom is 0.337 e. The van der Waals surface area contributed by atoms with Crippen LogP contribution in [0.4, 0.5) is 0 Å². The maximum atomic E-state index is 15.0. The molecule has 302 valence electrons. The van der Waals surface area contributed by atoms with Gasteiger partial charge in [-0.1, -0.05) is 54.5 Å². The number of methoxy groups -OCH3 is 2. The number of nitrogens with one attached hydrogen (secondary N) is 1. The van der Waals surface area contributed by atoms with Crippen molar-refractivity contribution >= 4 is 29.5 Å². The number of Topliss-reactive ketones (excluding diaryl/α,β-unsaturated/α-hetero) is 2. The van der Waals surface area contributed by atoms with Gasteiger partial charge in [0.1, 0.15) is 28.4 Å². The van der Waals surface area contributed by atoms with E-state index in [0.717, 1.165) is 17.6 Å². The van der Waals surface area contributed by atoms with Crippen LogP contribution in [0, 0.1) is 11.8 Å². The number of rotatable bonds is 13. The molecule has 0 saturated heterocycles. The zero-order chi connectivity index (χ0) is 41.4. The van der Waals surface area contributed by atoms with E-state index >= 15 is 4.79 Å². The van der Waals surface area contributed by atoms with E-state index in [1.807, 2.05) is 45.9 Å². The Balaban J connectivity index is 1.42. The topological polar surface area (TPSA) is 137 Å². The normalized spacial score (nSPS) is 25.6. The Hall–Kier alpha value is -5.22. The molecule has 5 aliphatic rings. The molecule has 0 aromatic heterocycles. The molecule has 1 saturated carbocycles. The molecule has 2 heterocycles. The number of fused-ring (bicyclic) bond motifs is 4. The van der Waals surface area contributed by atoms with Crippen LogP contribution in [0.1, 0.15) is 118 Å². The first-order valence-corrected chi connectivity index (χ1v) is 19.8. The maximum absolute atomic E-state index is 15.0. The van der Waals surface area contributed by atoms with Crippen molar-refractivity contribution < 1.29 is 43.2 Å². The van der Waals surface area contributed by atoms with E-state index in [4.69, 9.17) is 18.9 Å². The lowest BCUT2D eigenvalue weighted by Gasteiger charge is -2.61. The Morgan fingerprint density at radius 2 is 1.68 bits per heavy atom. The fourth-order valence-corrected chi connectivity index (χ4v) is 8.85. The van der Waals surface area contributed by atoms with E-state index in [1.54, 1.807) is 43.3 Å². The molecule has 2 aliphatic heterocycles. The second-order valence-electron chi connectivity index (χ2n) is 16.4. The van der Waals surface area contributed by atoms with Gasteiger partial charge in [-0.25, -0.2) is 4.79 Å². The lowest BCUT2D eigenvalue weighted by Crippen LogP contribution is -2.75. The first kappa shape index (κ1) is 41.4. The van der Waals surface area contributed by atoms with E-state index in [2.05, 4.69) is 25.2 Å². The third-order valence-corrected chi connectivity index (χ3v) is 12.0. The van der Waals surface area contributed by atoms with Gasteiger partial charge in [0.25, 0.3) is 0 Å². The molecular formula is C47H55NO9. The van der Waals surface area contributed by atoms with Gasteiger partial charge >= 0.3 is 5.97 Å². The number of benzene rings is 2. The van der Waals surface area contributed by atoms with Crippen LogP contribution in [0.15, 0.2) is 76.9 Å². The van der Waals surface area contributed by atoms with Crippen LogP contribution in [-0.4, -0.2) is 59.6 Å². The van der Waals surface area contributed by atoms with E-state index in [9.17, 15) is 19.5 Å². The molecule has 1 fully saturated rings. The molecule has 2 aromatic rings. The molecule has 1 amide bonds. The third-order valence-electron chi connectivity index (χ3n) is 12.0. The van der Waals surface area contributed by atoms with Gasteiger partial charge in [0.2, 0.25) is 5.91 Å². The molecule has 3 unspecified atom stereocenters. The van der Waals surface area contributed by atoms with Gasteiger partial charge in [-0.05, 0) is 103 Å². The molecule has 10 heteroatoms. The first-order valence-electron chi connectivity index (χ1n) is 19.8. The van der Waals surface area contributed by atoms with Crippen molar-refractivity contribution in [2.45, 2.75) is 110 Å². The summed E-state index contributed by atoms with van der Waals surface area (Å²) in [6.07, 6.45) is 14.2. The van der Waals surface area contributed by atoms with Crippen LogP contribution < -0.4 is 14.8 Å². The van der Waals surface area contributed by atoms with Gasteiger partial charge in [-0.15, -0.1) is 0 Å². The van der Waals surface area contributed by atoms with Crippen molar-refractivity contribution in [1.82, 2.24) is 5.32 Å². The summed E-state index contributed by atoms with van der Waals surface area (Å²) in [5.74, 6) is -1.94. The summed E-state index contributed by atoms with van der Waals surface area (Å²) in [4.78, 5) is 54.9. The Morgan fingerprint density at radius 1 is 0.982 bits per heavy atom. The predicted molar refractivity (Wildman–Crippen MR) is 218 cm³/mol. The average molecular weight is 778 g/mol. The molecule has 10 nitrogen and oxygen atoms in total.